The van der Waals surface area contributed by atoms with E-state index in [1.54, 1.807) is 13.8 Å². The van der Waals surface area contributed by atoms with E-state index in [0.29, 0.717) is 12.8 Å². The molecule has 2 rings (SSSR count). The number of unbranched alkanes of at least 4 members (excludes halogenated alkanes) is 2. The summed E-state index contributed by atoms with van der Waals surface area (Å²) in [4.78, 5) is 30.5. The van der Waals surface area contributed by atoms with Gasteiger partial charge in [0.25, 0.3) is 0 Å². The van der Waals surface area contributed by atoms with Gasteiger partial charge < -0.3 is 9.47 Å². The number of ether oxygens (including phenoxy) is 2. The van der Waals surface area contributed by atoms with Crippen molar-refractivity contribution in [1.29, 1.82) is 0 Å². The van der Waals surface area contributed by atoms with Crippen molar-refractivity contribution < 1.29 is 19.1 Å². The molecule has 5 nitrogen and oxygen atoms in total. The van der Waals surface area contributed by atoms with Crippen molar-refractivity contribution in [2.24, 2.45) is 5.41 Å². The van der Waals surface area contributed by atoms with Crippen LogP contribution < -0.4 is 0 Å². The normalized spacial score (nSPS) is 14.7. The minimum absolute atomic E-state index is 0.249. The lowest BCUT2D eigenvalue weighted by Crippen LogP contribution is -2.43. The summed E-state index contributed by atoms with van der Waals surface area (Å²) in [5, 5.41) is 0. The quantitative estimate of drug-likeness (QED) is 0.457. The first-order valence-corrected chi connectivity index (χ1v) is 10.4. The molecule has 0 aromatic carbocycles. The van der Waals surface area contributed by atoms with Gasteiger partial charge in [-0.15, -0.1) is 0 Å². The number of rotatable bonds is 10. The average molecular weight is 376 g/mol. The fourth-order valence-corrected chi connectivity index (χ4v) is 3.76. The molecule has 0 saturated carbocycles. The third kappa shape index (κ3) is 4.69. The van der Waals surface area contributed by atoms with Gasteiger partial charge in [-0.2, -0.15) is 0 Å². The summed E-state index contributed by atoms with van der Waals surface area (Å²) in [5.74, 6) is -0.951. The molecule has 0 unspecified atom stereocenters. The lowest BCUT2D eigenvalue weighted by Gasteiger charge is -2.24. The van der Waals surface area contributed by atoms with Crippen LogP contribution >= 0.6 is 0 Å². The maximum atomic E-state index is 12.8. The Morgan fingerprint density at radius 2 is 1.56 bits per heavy atom. The predicted octanol–water partition coefficient (Wildman–Crippen LogP) is 3.98. The van der Waals surface area contributed by atoms with Crippen LogP contribution in [-0.2, 0) is 44.7 Å². The third-order valence-corrected chi connectivity index (χ3v) is 5.21. The molecule has 1 aliphatic carbocycles. The molecule has 0 amide bonds. The topological polar surface area (TPSA) is 65.5 Å². The Labute approximate surface area is 162 Å². The third-order valence-electron chi connectivity index (χ3n) is 5.21. The molecule has 1 aliphatic rings. The van der Waals surface area contributed by atoms with Crippen LogP contribution in [0.2, 0.25) is 0 Å². The molecule has 0 atom stereocenters. The maximum absolute atomic E-state index is 12.8. The van der Waals surface area contributed by atoms with E-state index in [1.165, 1.54) is 0 Å². The van der Waals surface area contributed by atoms with Crippen LogP contribution in [0.5, 0.6) is 0 Å². The minimum atomic E-state index is -1.26. The molecule has 0 fully saturated rings. The van der Waals surface area contributed by atoms with Crippen LogP contribution in [0.4, 0.5) is 0 Å². The summed E-state index contributed by atoms with van der Waals surface area (Å²) in [7, 11) is 0. The van der Waals surface area contributed by atoms with Crippen molar-refractivity contribution in [2.45, 2.75) is 79.1 Å². The number of pyridine rings is 1. The summed E-state index contributed by atoms with van der Waals surface area (Å²) in [6.45, 7) is 8.34. The molecule has 150 valence electrons. The van der Waals surface area contributed by atoms with Gasteiger partial charge in [-0.1, -0.05) is 26.7 Å². The van der Waals surface area contributed by atoms with Gasteiger partial charge in [0.2, 0.25) is 0 Å². The van der Waals surface area contributed by atoms with Gasteiger partial charge in [0.1, 0.15) is 0 Å². The Morgan fingerprint density at radius 1 is 0.963 bits per heavy atom. The van der Waals surface area contributed by atoms with Gasteiger partial charge in [-0.25, -0.2) is 0 Å². The van der Waals surface area contributed by atoms with E-state index in [4.69, 9.17) is 14.5 Å². The van der Waals surface area contributed by atoms with E-state index in [9.17, 15) is 9.59 Å². The molecule has 1 aromatic heterocycles. The van der Waals surface area contributed by atoms with Crippen LogP contribution in [0.1, 0.15) is 75.9 Å². The first-order chi connectivity index (χ1) is 13.0. The van der Waals surface area contributed by atoms with Gasteiger partial charge in [0.15, 0.2) is 5.41 Å². The van der Waals surface area contributed by atoms with Crippen LogP contribution in [0.3, 0.4) is 0 Å². The molecule has 1 aromatic rings. The highest BCUT2D eigenvalue weighted by Gasteiger charge is 2.53. The molecule has 0 aliphatic heterocycles. The molecule has 1 heterocycles. The fourth-order valence-electron chi connectivity index (χ4n) is 3.76. The highest BCUT2D eigenvalue weighted by Crippen LogP contribution is 2.41. The standard InChI is InChI=1S/C22H33NO4/c1-5-9-11-17-13-16-14-22(20(24)26-7-3,21(25)27-8-4)15-18(16)19(23-17)12-10-6-2/h13H,5-12,14-15H2,1-4H3. The molecule has 0 radical (unpaired) electrons. The molecule has 5 heteroatoms. The van der Waals surface area contributed by atoms with E-state index in [0.717, 1.165) is 61.0 Å². The first-order valence-electron chi connectivity index (χ1n) is 10.4. The Balaban J connectivity index is 2.44. The van der Waals surface area contributed by atoms with Crippen LogP contribution in [0.25, 0.3) is 0 Å². The highest BCUT2D eigenvalue weighted by atomic mass is 16.6. The number of aromatic nitrogens is 1. The summed E-state index contributed by atoms with van der Waals surface area (Å²) in [5.41, 5.74) is 2.94. The number of aryl methyl sites for hydroxylation is 2. The fraction of sp³-hybridized carbons (Fsp3) is 0.682. The zero-order valence-corrected chi connectivity index (χ0v) is 17.2. The van der Waals surface area contributed by atoms with Gasteiger partial charge in [0.05, 0.1) is 13.2 Å². The van der Waals surface area contributed by atoms with Crippen LogP contribution in [0, 0.1) is 5.41 Å². The Morgan fingerprint density at radius 3 is 2.11 bits per heavy atom. The van der Waals surface area contributed by atoms with Crippen LogP contribution in [-0.4, -0.2) is 30.1 Å². The second-order valence-corrected chi connectivity index (χ2v) is 7.28. The molecular formula is C22H33NO4. The first kappa shape index (κ1) is 21.4. The van der Waals surface area contributed by atoms with Gasteiger partial charge in [0, 0.05) is 17.8 Å². The van der Waals surface area contributed by atoms with Gasteiger partial charge in [-0.05, 0) is 63.1 Å². The van der Waals surface area contributed by atoms with E-state index in [2.05, 4.69) is 19.9 Å². The lowest BCUT2D eigenvalue weighted by molar-refractivity contribution is -0.171. The number of fused-ring (bicyclic) bond motifs is 1. The Bertz CT molecular complexity index is 651. The summed E-state index contributed by atoms with van der Waals surface area (Å²) >= 11 is 0. The predicted molar refractivity (Wildman–Crippen MR) is 105 cm³/mol. The van der Waals surface area contributed by atoms with E-state index >= 15 is 0 Å². The lowest BCUT2D eigenvalue weighted by atomic mass is 9.84. The zero-order chi connectivity index (χ0) is 19.9. The Kier molecular flexibility index (Phi) is 7.81. The van der Waals surface area contributed by atoms with Crippen molar-refractivity contribution in [3.63, 3.8) is 0 Å². The molecule has 0 bridgehead atoms. The average Bonchev–Trinajstić information content (AvgIpc) is 3.06. The molecule has 0 N–H and O–H groups in total. The van der Waals surface area contributed by atoms with Crippen molar-refractivity contribution in [3.8, 4) is 0 Å². The maximum Gasteiger partial charge on any atom is 0.324 e. The largest absolute Gasteiger partial charge is 0.465 e. The monoisotopic (exact) mass is 375 g/mol. The van der Waals surface area contributed by atoms with E-state index in [1.807, 2.05) is 0 Å². The zero-order valence-electron chi connectivity index (χ0n) is 17.2. The number of nitrogens with zero attached hydrogens (tertiary/aromatic N) is 1. The summed E-state index contributed by atoms with van der Waals surface area (Å²) in [6, 6.07) is 2.08. The summed E-state index contributed by atoms with van der Waals surface area (Å²) < 4.78 is 10.6. The van der Waals surface area contributed by atoms with E-state index < -0.39 is 17.4 Å². The number of esters is 2. The molecule has 0 saturated heterocycles. The molecule has 27 heavy (non-hydrogen) atoms. The Hall–Kier alpha value is -1.91. The second-order valence-electron chi connectivity index (χ2n) is 7.28. The molecule has 0 spiro atoms. The van der Waals surface area contributed by atoms with Crippen molar-refractivity contribution in [3.05, 3.63) is 28.6 Å². The number of carbonyl (C=O) groups is 2. The minimum Gasteiger partial charge on any atom is -0.465 e. The molecular weight excluding hydrogens is 342 g/mol. The van der Waals surface area contributed by atoms with Gasteiger partial charge >= 0.3 is 11.9 Å². The number of hydrogen-bond acceptors (Lipinski definition) is 5. The van der Waals surface area contributed by atoms with Crippen molar-refractivity contribution in [1.82, 2.24) is 4.98 Å². The number of carbonyl (C=O) groups excluding carboxylic acids is 2. The van der Waals surface area contributed by atoms with Crippen LogP contribution in [0.15, 0.2) is 6.07 Å². The SMILES string of the molecule is CCCCc1cc2c(c(CCCC)n1)CC(C(=O)OCC)(C(=O)OCC)C2. The van der Waals surface area contributed by atoms with Gasteiger partial charge in [-0.3, -0.25) is 14.6 Å². The van der Waals surface area contributed by atoms with Crippen molar-refractivity contribution >= 4 is 11.9 Å². The van der Waals surface area contributed by atoms with Crippen molar-refractivity contribution in [2.75, 3.05) is 13.2 Å². The summed E-state index contributed by atoms with van der Waals surface area (Å²) in [6.07, 6.45) is 6.80. The van der Waals surface area contributed by atoms with E-state index in [-0.39, 0.29) is 13.2 Å². The second kappa shape index (κ2) is 9.86. The highest BCUT2D eigenvalue weighted by molar-refractivity contribution is 6.01. The smallest absolute Gasteiger partial charge is 0.324 e. The number of hydrogen-bond donors (Lipinski definition) is 0.